The standard InChI is InChI=1S/C15H24N4O3S/c1-12(16)13-5-8-19(9-6-13)15(20)11-18(2)23(21,22)14-4-3-7-17-10-14/h3-4,7,10,12-13H,5-6,8-9,11,16H2,1-2H3. The molecule has 0 aromatic carbocycles. The van der Waals surface area contributed by atoms with E-state index >= 15 is 0 Å². The molecule has 2 heterocycles. The van der Waals surface area contributed by atoms with Crippen LogP contribution in [0.4, 0.5) is 0 Å². The van der Waals surface area contributed by atoms with Gasteiger partial charge in [-0.25, -0.2) is 8.42 Å². The van der Waals surface area contributed by atoms with Crippen molar-refractivity contribution in [1.29, 1.82) is 0 Å². The summed E-state index contributed by atoms with van der Waals surface area (Å²) in [7, 11) is -2.28. The first kappa shape index (κ1) is 17.8. The van der Waals surface area contributed by atoms with Crippen LogP contribution >= 0.6 is 0 Å². The number of likely N-dealkylation sites (tertiary alicyclic amines) is 1. The zero-order chi connectivity index (χ0) is 17.0. The van der Waals surface area contributed by atoms with Crippen molar-refractivity contribution in [2.45, 2.75) is 30.7 Å². The maximum absolute atomic E-state index is 12.4. The number of hydrogen-bond acceptors (Lipinski definition) is 5. The van der Waals surface area contributed by atoms with E-state index in [0.29, 0.717) is 19.0 Å². The smallest absolute Gasteiger partial charge is 0.244 e. The molecular formula is C15H24N4O3S. The van der Waals surface area contributed by atoms with Gasteiger partial charge in [-0.3, -0.25) is 9.78 Å². The van der Waals surface area contributed by atoms with Gasteiger partial charge in [-0.2, -0.15) is 4.31 Å². The topological polar surface area (TPSA) is 96.6 Å². The third-order valence-corrected chi connectivity index (χ3v) is 6.12. The van der Waals surface area contributed by atoms with Crippen LogP contribution in [-0.2, 0) is 14.8 Å². The van der Waals surface area contributed by atoms with Crippen LogP contribution in [0.5, 0.6) is 0 Å². The van der Waals surface area contributed by atoms with Crippen molar-refractivity contribution < 1.29 is 13.2 Å². The third-order valence-electron chi connectivity index (χ3n) is 4.34. The molecule has 0 bridgehead atoms. The summed E-state index contributed by atoms with van der Waals surface area (Å²) >= 11 is 0. The molecule has 1 saturated heterocycles. The van der Waals surface area contributed by atoms with Gasteiger partial charge < -0.3 is 10.6 Å². The van der Waals surface area contributed by atoms with E-state index in [2.05, 4.69) is 4.98 Å². The first-order valence-electron chi connectivity index (χ1n) is 7.72. The molecule has 7 nitrogen and oxygen atoms in total. The lowest BCUT2D eigenvalue weighted by Crippen LogP contribution is -2.46. The molecule has 0 radical (unpaired) electrons. The van der Waals surface area contributed by atoms with Crippen LogP contribution in [0, 0.1) is 5.92 Å². The van der Waals surface area contributed by atoms with Crippen molar-refractivity contribution >= 4 is 15.9 Å². The molecule has 1 fully saturated rings. The number of nitrogens with zero attached hydrogens (tertiary/aromatic N) is 3. The van der Waals surface area contributed by atoms with Crippen LogP contribution in [0.1, 0.15) is 19.8 Å². The van der Waals surface area contributed by atoms with Gasteiger partial charge >= 0.3 is 0 Å². The zero-order valence-electron chi connectivity index (χ0n) is 13.6. The van der Waals surface area contributed by atoms with E-state index in [1.54, 1.807) is 11.0 Å². The highest BCUT2D eigenvalue weighted by molar-refractivity contribution is 7.89. The first-order valence-corrected chi connectivity index (χ1v) is 9.16. The van der Waals surface area contributed by atoms with E-state index in [1.165, 1.54) is 25.5 Å². The van der Waals surface area contributed by atoms with Crippen molar-refractivity contribution in [2.75, 3.05) is 26.7 Å². The molecule has 1 atom stereocenters. The Kier molecular flexibility index (Phi) is 5.72. The molecule has 128 valence electrons. The largest absolute Gasteiger partial charge is 0.342 e. The fraction of sp³-hybridized carbons (Fsp3) is 0.600. The molecule has 1 unspecified atom stereocenters. The van der Waals surface area contributed by atoms with Gasteiger partial charge in [0, 0.05) is 38.6 Å². The van der Waals surface area contributed by atoms with Crippen LogP contribution in [-0.4, -0.2) is 61.2 Å². The summed E-state index contributed by atoms with van der Waals surface area (Å²) in [5.74, 6) is 0.249. The number of pyridine rings is 1. The number of rotatable bonds is 5. The minimum absolute atomic E-state index is 0.0889. The van der Waals surface area contributed by atoms with Gasteiger partial charge in [0.25, 0.3) is 0 Å². The highest BCUT2D eigenvalue weighted by atomic mass is 32.2. The molecule has 1 aromatic heterocycles. The second-order valence-corrected chi connectivity index (χ2v) is 8.07. The number of piperidine rings is 1. The molecule has 1 amide bonds. The molecule has 1 aromatic rings. The Morgan fingerprint density at radius 3 is 2.65 bits per heavy atom. The molecule has 0 saturated carbocycles. The van der Waals surface area contributed by atoms with Gasteiger partial charge in [0.05, 0.1) is 6.54 Å². The monoisotopic (exact) mass is 340 g/mol. The molecule has 8 heteroatoms. The van der Waals surface area contributed by atoms with Crippen LogP contribution in [0.2, 0.25) is 0 Å². The van der Waals surface area contributed by atoms with Gasteiger partial charge in [-0.1, -0.05) is 0 Å². The van der Waals surface area contributed by atoms with E-state index in [4.69, 9.17) is 5.73 Å². The van der Waals surface area contributed by atoms with Gasteiger partial charge in [0.15, 0.2) is 0 Å². The summed E-state index contributed by atoms with van der Waals surface area (Å²) in [6.45, 7) is 3.08. The Balaban J connectivity index is 1.95. The summed E-state index contributed by atoms with van der Waals surface area (Å²) < 4.78 is 25.9. The number of sulfonamides is 1. The number of carbonyl (C=O) groups is 1. The number of carbonyl (C=O) groups excluding carboxylic acids is 1. The van der Waals surface area contributed by atoms with Gasteiger partial charge in [0.2, 0.25) is 15.9 Å². The summed E-state index contributed by atoms with van der Waals surface area (Å²) in [6.07, 6.45) is 4.52. The minimum atomic E-state index is -3.69. The Hall–Kier alpha value is -1.51. The summed E-state index contributed by atoms with van der Waals surface area (Å²) in [4.78, 5) is 18.0. The number of likely N-dealkylation sites (N-methyl/N-ethyl adjacent to an activating group) is 1. The number of nitrogens with two attached hydrogens (primary N) is 1. The van der Waals surface area contributed by atoms with E-state index in [-0.39, 0.29) is 23.4 Å². The highest BCUT2D eigenvalue weighted by Crippen LogP contribution is 2.20. The second-order valence-electron chi connectivity index (χ2n) is 6.03. The Labute approximate surface area is 137 Å². The fourth-order valence-electron chi connectivity index (χ4n) is 2.73. The average molecular weight is 340 g/mol. The lowest BCUT2D eigenvalue weighted by molar-refractivity contribution is -0.132. The van der Waals surface area contributed by atoms with E-state index in [0.717, 1.165) is 17.1 Å². The van der Waals surface area contributed by atoms with E-state index < -0.39 is 10.0 Å². The second kappa shape index (κ2) is 7.37. The highest BCUT2D eigenvalue weighted by Gasteiger charge is 2.28. The zero-order valence-corrected chi connectivity index (χ0v) is 14.4. The quantitative estimate of drug-likeness (QED) is 0.831. The average Bonchev–Trinajstić information content (AvgIpc) is 2.55. The lowest BCUT2D eigenvalue weighted by atomic mass is 9.91. The van der Waals surface area contributed by atoms with Crippen LogP contribution in [0.25, 0.3) is 0 Å². The van der Waals surface area contributed by atoms with Crippen molar-refractivity contribution in [1.82, 2.24) is 14.2 Å². The van der Waals surface area contributed by atoms with Crippen LogP contribution in [0.3, 0.4) is 0 Å². The normalized spacial score (nSPS) is 18.2. The lowest BCUT2D eigenvalue weighted by Gasteiger charge is -2.34. The van der Waals surface area contributed by atoms with E-state index in [9.17, 15) is 13.2 Å². The van der Waals surface area contributed by atoms with Crippen molar-refractivity contribution in [2.24, 2.45) is 11.7 Å². The van der Waals surface area contributed by atoms with E-state index in [1.807, 2.05) is 6.92 Å². The van der Waals surface area contributed by atoms with Gasteiger partial charge in [-0.15, -0.1) is 0 Å². The molecule has 0 aliphatic carbocycles. The predicted molar refractivity (Wildman–Crippen MR) is 87.0 cm³/mol. The fourth-order valence-corrected chi connectivity index (χ4v) is 3.81. The van der Waals surface area contributed by atoms with Gasteiger partial charge in [-0.05, 0) is 37.8 Å². The number of hydrogen-bond donors (Lipinski definition) is 1. The molecule has 0 spiro atoms. The molecule has 2 rings (SSSR count). The molecule has 23 heavy (non-hydrogen) atoms. The third kappa shape index (κ3) is 4.27. The first-order chi connectivity index (χ1) is 10.8. The molecular weight excluding hydrogens is 316 g/mol. The predicted octanol–water partition coefficient (Wildman–Crippen LogP) is 0.288. The Morgan fingerprint density at radius 1 is 1.48 bits per heavy atom. The van der Waals surface area contributed by atoms with Crippen LogP contribution in [0.15, 0.2) is 29.4 Å². The number of amides is 1. The maximum atomic E-state index is 12.4. The van der Waals surface area contributed by atoms with Crippen molar-refractivity contribution in [3.8, 4) is 0 Å². The summed E-state index contributed by atoms with van der Waals surface area (Å²) in [5.41, 5.74) is 5.89. The molecule has 2 N–H and O–H groups in total. The molecule has 1 aliphatic heterocycles. The molecule has 1 aliphatic rings. The van der Waals surface area contributed by atoms with Crippen molar-refractivity contribution in [3.05, 3.63) is 24.5 Å². The number of aromatic nitrogens is 1. The maximum Gasteiger partial charge on any atom is 0.244 e. The SMILES string of the molecule is CC(N)C1CCN(C(=O)CN(C)S(=O)(=O)c2cccnc2)CC1. The van der Waals surface area contributed by atoms with Crippen molar-refractivity contribution in [3.63, 3.8) is 0 Å². The van der Waals surface area contributed by atoms with Gasteiger partial charge in [0.1, 0.15) is 4.90 Å². The summed E-state index contributed by atoms with van der Waals surface area (Å²) in [5, 5.41) is 0. The Bertz CT molecular complexity index is 625. The minimum Gasteiger partial charge on any atom is -0.342 e. The van der Waals surface area contributed by atoms with Crippen LogP contribution < -0.4 is 5.73 Å². The Morgan fingerprint density at radius 2 is 2.13 bits per heavy atom. The summed E-state index contributed by atoms with van der Waals surface area (Å²) in [6, 6.07) is 3.15.